The number of aliphatic hydroxyl groups excluding tert-OH is 1. The number of esters is 1. The standard InChI is InChI=1S/C11H11NO4/c1-2-15-11(14)10(13)7-3-4-8-9(5-7)16-6-12-8/h3-6,10,13H,2H2,1H3. The van der Waals surface area contributed by atoms with Crippen LogP contribution in [0.1, 0.15) is 18.6 Å². The topological polar surface area (TPSA) is 72.6 Å². The smallest absolute Gasteiger partial charge is 0.339 e. The SMILES string of the molecule is CCOC(=O)C(O)c1ccc2ncoc2c1. The first kappa shape index (κ1) is 10.6. The van der Waals surface area contributed by atoms with E-state index in [-0.39, 0.29) is 6.61 Å². The van der Waals surface area contributed by atoms with Gasteiger partial charge in [-0.25, -0.2) is 9.78 Å². The maximum absolute atomic E-state index is 11.3. The summed E-state index contributed by atoms with van der Waals surface area (Å²) in [5, 5.41) is 9.68. The molecule has 84 valence electrons. The lowest BCUT2D eigenvalue weighted by molar-refractivity contribution is -0.153. The Kier molecular flexibility index (Phi) is 2.87. The van der Waals surface area contributed by atoms with Gasteiger partial charge in [-0.05, 0) is 24.6 Å². The number of oxazole rings is 1. The van der Waals surface area contributed by atoms with Gasteiger partial charge in [0.25, 0.3) is 0 Å². The summed E-state index contributed by atoms with van der Waals surface area (Å²) in [4.78, 5) is 15.2. The van der Waals surface area contributed by atoms with E-state index >= 15 is 0 Å². The molecule has 1 unspecified atom stereocenters. The average molecular weight is 221 g/mol. The Hall–Kier alpha value is -1.88. The van der Waals surface area contributed by atoms with E-state index in [1.807, 2.05) is 0 Å². The van der Waals surface area contributed by atoms with E-state index < -0.39 is 12.1 Å². The summed E-state index contributed by atoms with van der Waals surface area (Å²) in [5.74, 6) is -0.665. The summed E-state index contributed by atoms with van der Waals surface area (Å²) in [7, 11) is 0. The molecule has 0 amide bonds. The fourth-order valence-electron chi connectivity index (χ4n) is 1.40. The molecule has 5 nitrogen and oxygen atoms in total. The molecule has 0 radical (unpaired) electrons. The molecule has 2 rings (SSSR count). The van der Waals surface area contributed by atoms with Gasteiger partial charge < -0.3 is 14.3 Å². The molecule has 0 aliphatic rings. The van der Waals surface area contributed by atoms with Crippen LogP contribution < -0.4 is 0 Å². The highest BCUT2D eigenvalue weighted by atomic mass is 16.5. The number of carbonyl (C=O) groups excluding carboxylic acids is 1. The molecule has 1 aromatic carbocycles. The van der Waals surface area contributed by atoms with Crippen molar-refractivity contribution in [1.82, 2.24) is 4.98 Å². The average Bonchev–Trinajstić information content (AvgIpc) is 2.75. The molecular weight excluding hydrogens is 210 g/mol. The quantitative estimate of drug-likeness (QED) is 0.793. The molecule has 0 aliphatic carbocycles. The largest absolute Gasteiger partial charge is 0.464 e. The molecule has 0 saturated heterocycles. The van der Waals surface area contributed by atoms with E-state index in [0.717, 1.165) is 0 Å². The number of rotatable bonds is 3. The van der Waals surface area contributed by atoms with Gasteiger partial charge in [0.15, 0.2) is 18.1 Å². The van der Waals surface area contributed by atoms with Crippen molar-refractivity contribution >= 4 is 17.1 Å². The van der Waals surface area contributed by atoms with Crippen LogP contribution in [0.25, 0.3) is 11.1 Å². The van der Waals surface area contributed by atoms with Gasteiger partial charge in [-0.15, -0.1) is 0 Å². The third-order valence-electron chi connectivity index (χ3n) is 2.18. The lowest BCUT2D eigenvalue weighted by Gasteiger charge is -2.09. The number of aliphatic hydroxyl groups is 1. The number of fused-ring (bicyclic) bond motifs is 1. The highest BCUT2D eigenvalue weighted by Crippen LogP contribution is 2.20. The molecule has 0 bridgehead atoms. The van der Waals surface area contributed by atoms with E-state index in [4.69, 9.17) is 9.15 Å². The number of nitrogens with zero attached hydrogens (tertiary/aromatic N) is 1. The second-order valence-electron chi connectivity index (χ2n) is 3.23. The van der Waals surface area contributed by atoms with Gasteiger partial charge in [-0.3, -0.25) is 0 Å². The van der Waals surface area contributed by atoms with Crippen molar-refractivity contribution in [2.24, 2.45) is 0 Å². The van der Waals surface area contributed by atoms with Crippen molar-refractivity contribution in [3.05, 3.63) is 30.2 Å². The van der Waals surface area contributed by atoms with Crippen molar-refractivity contribution < 1.29 is 19.1 Å². The number of carbonyl (C=O) groups is 1. The zero-order chi connectivity index (χ0) is 11.5. The molecular formula is C11H11NO4. The Morgan fingerprint density at radius 2 is 2.44 bits per heavy atom. The van der Waals surface area contributed by atoms with Gasteiger partial charge in [0, 0.05) is 0 Å². The van der Waals surface area contributed by atoms with Gasteiger partial charge in [0.2, 0.25) is 0 Å². The van der Waals surface area contributed by atoms with Crippen molar-refractivity contribution in [2.45, 2.75) is 13.0 Å². The molecule has 0 spiro atoms. The molecule has 1 heterocycles. The monoisotopic (exact) mass is 221 g/mol. The molecule has 1 aromatic heterocycles. The van der Waals surface area contributed by atoms with Gasteiger partial charge >= 0.3 is 5.97 Å². The minimum atomic E-state index is -1.28. The number of ether oxygens (including phenoxy) is 1. The Bertz CT molecular complexity index is 505. The summed E-state index contributed by atoms with van der Waals surface area (Å²) >= 11 is 0. The van der Waals surface area contributed by atoms with E-state index in [0.29, 0.717) is 16.7 Å². The molecule has 0 fully saturated rings. The van der Waals surface area contributed by atoms with Crippen molar-refractivity contribution in [3.63, 3.8) is 0 Å². The van der Waals surface area contributed by atoms with Crippen LogP contribution in [0.2, 0.25) is 0 Å². The summed E-state index contributed by atoms with van der Waals surface area (Å²) in [6.45, 7) is 1.92. The third-order valence-corrected chi connectivity index (χ3v) is 2.18. The number of hydrogen-bond donors (Lipinski definition) is 1. The summed E-state index contributed by atoms with van der Waals surface area (Å²) in [5.41, 5.74) is 1.64. The molecule has 16 heavy (non-hydrogen) atoms. The number of aromatic nitrogens is 1. The Balaban J connectivity index is 2.28. The Morgan fingerprint density at radius 3 is 3.19 bits per heavy atom. The van der Waals surface area contributed by atoms with Crippen molar-refractivity contribution in [2.75, 3.05) is 6.61 Å². The second kappa shape index (κ2) is 4.32. The third kappa shape index (κ3) is 1.90. The molecule has 5 heteroatoms. The fraction of sp³-hybridized carbons (Fsp3) is 0.273. The van der Waals surface area contributed by atoms with Crippen LogP contribution in [0.5, 0.6) is 0 Å². The van der Waals surface area contributed by atoms with E-state index in [1.165, 1.54) is 6.39 Å². The van der Waals surface area contributed by atoms with Crippen LogP contribution >= 0.6 is 0 Å². The van der Waals surface area contributed by atoms with Crippen LogP contribution in [0.3, 0.4) is 0 Å². The first-order valence-corrected chi connectivity index (χ1v) is 4.90. The maximum Gasteiger partial charge on any atom is 0.339 e. The summed E-state index contributed by atoms with van der Waals surface area (Å²) in [6.07, 6.45) is 0.0278. The zero-order valence-electron chi connectivity index (χ0n) is 8.71. The second-order valence-corrected chi connectivity index (χ2v) is 3.23. The Labute approximate surface area is 91.7 Å². The normalized spacial score (nSPS) is 12.6. The van der Waals surface area contributed by atoms with Crippen molar-refractivity contribution in [3.8, 4) is 0 Å². The minimum Gasteiger partial charge on any atom is -0.464 e. The molecule has 0 aliphatic heterocycles. The maximum atomic E-state index is 11.3. The number of hydrogen-bond acceptors (Lipinski definition) is 5. The lowest BCUT2D eigenvalue weighted by Crippen LogP contribution is -2.15. The van der Waals surface area contributed by atoms with Gasteiger partial charge in [-0.2, -0.15) is 0 Å². The molecule has 2 aromatic rings. The van der Waals surface area contributed by atoms with Gasteiger partial charge in [0.05, 0.1) is 6.61 Å². The van der Waals surface area contributed by atoms with E-state index in [2.05, 4.69) is 4.98 Å². The van der Waals surface area contributed by atoms with Crippen LogP contribution in [0, 0.1) is 0 Å². The first-order chi connectivity index (χ1) is 7.72. The van der Waals surface area contributed by atoms with Crippen molar-refractivity contribution in [1.29, 1.82) is 0 Å². The zero-order valence-corrected chi connectivity index (χ0v) is 8.71. The number of benzene rings is 1. The molecule has 0 saturated carbocycles. The highest BCUT2D eigenvalue weighted by Gasteiger charge is 2.19. The van der Waals surface area contributed by atoms with Crippen LogP contribution in [-0.2, 0) is 9.53 Å². The minimum absolute atomic E-state index is 0.237. The predicted molar refractivity (Wildman–Crippen MR) is 55.6 cm³/mol. The Morgan fingerprint density at radius 1 is 1.62 bits per heavy atom. The van der Waals surface area contributed by atoms with Crippen LogP contribution in [0.15, 0.2) is 29.0 Å². The van der Waals surface area contributed by atoms with Crippen LogP contribution in [0.4, 0.5) is 0 Å². The van der Waals surface area contributed by atoms with E-state index in [9.17, 15) is 9.90 Å². The summed E-state index contributed by atoms with van der Waals surface area (Å²) < 4.78 is 9.79. The van der Waals surface area contributed by atoms with Gasteiger partial charge in [-0.1, -0.05) is 6.07 Å². The highest BCUT2D eigenvalue weighted by molar-refractivity contribution is 5.79. The summed E-state index contributed by atoms with van der Waals surface area (Å²) in [6, 6.07) is 4.87. The lowest BCUT2D eigenvalue weighted by atomic mass is 10.1. The van der Waals surface area contributed by atoms with Crippen LogP contribution in [-0.4, -0.2) is 22.7 Å². The predicted octanol–water partition coefficient (Wildman–Crippen LogP) is 1.42. The molecule has 1 atom stereocenters. The fourth-order valence-corrected chi connectivity index (χ4v) is 1.40. The van der Waals surface area contributed by atoms with E-state index in [1.54, 1.807) is 25.1 Å². The van der Waals surface area contributed by atoms with Gasteiger partial charge in [0.1, 0.15) is 5.52 Å². The first-order valence-electron chi connectivity index (χ1n) is 4.90. The molecule has 1 N–H and O–H groups in total.